The zero-order chi connectivity index (χ0) is 14.5. The first-order chi connectivity index (χ1) is 9.54. The number of benzene rings is 1. The van der Waals surface area contributed by atoms with Crippen LogP contribution in [0.2, 0.25) is 0 Å². The maximum Gasteiger partial charge on any atom is 0.404 e. The third-order valence-electron chi connectivity index (χ3n) is 4.13. The monoisotopic (exact) mass is 276 g/mol. The zero-order valence-corrected chi connectivity index (χ0v) is 12.3. The van der Waals surface area contributed by atoms with Crippen LogP contribution in [0.5, 0.6) is 0 Å². The second kappa shape index (κ2) is 6.75. The summed E-state index contributed by atoms with van der Waals surface area (Å²) in [6.07, 6.45) is 1.96. The molecule has 1 aliphatic heterocycles. The van der Waals surface area contributed by atoms with E-state index < -0.39 is 6.09 Å². The van der Waals surface area contributed by atoms with Crippen molar-refractivity contribution in [2.75, 3.05) is 13.1 Å². The molecule has 4 nitrogen and oxygen atoms in total. The van der Waals surface area contributed by atoms with Crippen molar-refractivity contribution in [2.45, 2.75) is 45.2 Å². The number of nitrogens with zero attached hydrogens (tertiary/aromatic N) is 1. The molecule has 1 amide bonds. The Kier molecular flexibility index (Phi) is 5.01. The van der Waals surface area contributed by atoms with E-state index in [-0.39, 0.29) is 6.04 Å². The van der Waals surface area contributed by atoms with Crippen LogP contribution in [0.1, 0.15) is 30.9 Å². The van der Waals surface area contributed by atoms with E-state index in [4.69, 9.17) is 5.11 Å². The molecule has 1 atom stereocenters. The molecule has 1 unspecified atom stereocenters. The SMILES string of the molecule is Cc1ccc(CC(C)N2CCC(NC(=O)O)CC2)cc1. The normalized spacial score (nSPS) is 18.7. The molecule has 0 aromatic heterocycles. The molecular formula is C16H24N2O2. The number of likely N-dealkylation sites (tertiary alicyclic amines) is 1. The Balaban J connectivity index is 1.81. The van der Waals surface area contributed by atoms with E-state index in [2.05, 4.69) is 48.3 Å². The van der Waals surface area contributed by atoms with Crippen molar-refractivity contribution in [1.29, 1.82) is 0 Å². The Bertz CT molecular complexity index is 436. The van der Waals surface area contributed by atoms with E-state index in [9.17, 15) is 4.79 Å². The number of carbonyl (C=O) groups is 1. The first-order valence-electron chi connectivity index (χ1n) is 7.33. The summed E-state index contributed by atoms with van der Waals surface area (Å²) < 4.78 is 0. The van der Waals surface area contributed by atoms with Gasteiger partial charge < -0.3 is 15.3 Å². The van der Waals surface area contributed by atoms with Gasteiger partial charge in [-0.15, -0.1) is 0 Å². The summed E-state index contributed by atoms with van der Waals surface area (Å²) in [5.74, 6) is 0. The van der Waals surface area contributed by atoms with Crippen molar-refractivity contribution in [3.63, 3.8) is 0 Å². The first kappa shape index (κ1) is 14.9. The highest BCUT2D eigenvalue weighted by Gasteiger charge is 2.23. The van der Waals surface area contributed by atoms with E-state index in [1.807, 2.05) is 0 Å². The molecule has 0 radical (unpaired) electrons. The molecule has 110 valence electrons. The number of rotatable bonds is 4. The van der Waals surface area contributed by atoms with Crippen LogP contribution in [-0.4, -0.2) is 41.3 Å². The summed E-state index contributed by atoms with van der Waals surface area (Å²) in [6, 6.07) is 9.34. The van der Waals surface area contributed by atoms with Gasteiger partial charge in [0.2, 0.25) is 0 Å². The van der Waals surface area contributed by atoms with Gasteiger partial charge in [-0.3, -0.25) is 0 Å². The summed E-state index contributed by atoms with van der Waals surface area (Å²) in [7, 11) is 0. The molecule has 2 rings (SSSR count). The summed E-state index contributed by atoms with van der Waals surface area (Å²) in [6.45, 7) is 6.30. The number of hydrogen-bond acceptors (Lipinski definition) is 2. The third-order valence-corrected chi connectivity index (χ3v) is 4.13. The van der Waals surface area contributed by atoms with Gasteiger partial charge in [0.15, 0.2) is 0 Å². The number of hydrogen-bond donors (Lipinski definition) is 2. The lowest BCUT2D eigenvalue weighted by atomic mass is 10.00. The molecule has 1 heterocycles. The van der Waals surface area contributed by atoms with Gasteiger partial charge in [-0.25, -0.2) is 4.79 Å². The molecule has 0 bridgehead atoms. The Morgan fingerprint density at radius 1 is 1.35 bits per heavy atom. The molecule has 20 heavy (non-hydrogen) atoms. The standard InChI is InChI=1S/C16H24N2O2/c1-12-3-5-14(6-4-12)11-13(2)18-9-7-15(8-10-18)17-16(19)20/h3-6,13,15,17H,7-11H2,1-2H3,(H,19,20). The van der Waals surface area contributed by atoms with Crippen LogP contribution >= 0.6 is 0 Å². The molecule has 0 saturated carbocycles. The van der Waals surface area contributed by atoms with E-state index >= 15 is 0 Å². The third kappa shape index (κ3) is 4.23. The molecule has 1 saturated heterocycles. The van der Waals surface area contributed by atoms with Crippen LogP contribution in [-0.2, 0) is 6.42 Å². The van der Waals surface area contributed by atoms with Crippen molar-refractivity contribution < 1.29 is 9.90 Å². The van der Waals surface area contributed by atoms with E-state index in [1.165, 1.54) is 11.1 Å². The van der Waals surface area contributed by atoms with Gasteiger partial charge >= 0.3 is 6.09 Å². The van der Waals surface area contributed by atoms with E-state index in [1.54, 1.807) is 0 Å². The minimum Gasteiger partial charge on any atom is -0.465 e. The fourth-order valence-corrected chi connectivity index (χ4v) is 2.85. The smallest absolute Gasteiger partial charge is 0.404 e. The maximum absolute atomic E-state index is 10.6. The lowest BCUT2D eigenvalue weighted by Gasteiger charge is -2.36. The van der Waals surface area contributed by atoms with Crippen molar-refractivity contribution in [3.05, 3.63) is 35.4 Å². The summed E-state index contributed by atoms with van der Waals surface area (Å²) >= 11 is 0. The minimum atomic E-state index is -0.906. The Labute approximate surface area is 120 Å². The molecule has 1 aliphatic rings. The van der Waals surface area contributed by atoms with Crippen LogP contribution in [0.25, 0.3) is 0 Å². The number of carboxylic acid groups (broad SMARTS) is 1. The average Bonchev–Trinajstić information content (AvgIpc) is 2.41. The van der Waals surface area contributed by atoms with Gasteiger partial charge in [-0.1, -0.05) is 29.8 Å². The highest BCUT2D eigenvalue weighted by atomic mass is 16.4. The van der Waals surface area contributed by atoms with Crippen molar-refractivity contribution in [1.82, 2.24) is 10.2 Å². The molecule has 1 aromatic rings. The quantitative estimate of drug-likeness (QED) is 0.889. The molecule has 4 heteroatoms. The van der Waals surface area contributed by atoms with E-state index in [0.29, 0.717) is 6.04 Å². The number of aryl methyl sites for hydroxylation is 1. The predicted molar refractivity (Wildman–Crippen MR) is 80.1 cm³/mol. The predicted octanol–water partition coefficient (Wildman–Crippen LogP) is 2.66. The Hall–Kier alpha value is -1.55. The van der Waals surface area contributed by atoms with Gasteiger partial charge in [0, 0.05) is 25.2 Å². The Morgan fingerprint density at radius 3 is 2.50 bits per heavy atom. The number of nitrogens with one attached hydrogen (secondary N) is 1. The zero-order valence-electron chi connectivity index (χ0n) is 12.3. The van der Waals surface area contributed by atoms with Crippen LogP contribution in [0.15, 0.2) is 24.3 Å². The molecule has 2 N–H and O–H groups in total. The second-order valence-corrected chi connectivity index (χ2v) is 5.80. The van der Waals surface area contributed by atoms with Gasteiger partial charge in [0.1, 0.15) is 0 Å². The summed E-state index contributed by atoms with van der Waals surface area (Å²) in [5.41, 5.74) is 2.66. The minimum absolute atomic E-state index is 0.121. The molecule has 0 aliphatic carbocycles. The maximum atomic E-state index is 10.6. The lowest BCUT2D eigenvalue weighted by Crippen LogP contribution is -2.47. The van der Waals surface area contributed by atoms with Crippen LogP contribution in [0.4, 0.5) is 4.79 Å². The van der Waals surface area contributed by atoms with Crippen LogP contribution in [0, 0.1) is 6.92 Å². The Morgan fingerprint density at radius 2 is 1.95 bits per heavy atom. The van der Waals surface area contributed by atoms with Crippen molar-refractivity contribution in [3.8, 4) is 0 Å². The first-order valence-corrected chi connectivity index (χ1v) is 7.33. The topological polar surface area (TPSA) is 52.6 Å². The number of amides is 1. The van der Waals surface area contributed by atoms with Crippen LogP contribution in [0.3, 0.4) is 0 Å². The lowest BCUT2D eigenvalue weighted by molar-refractivity contribution is 0.143. The fourth-order valence-electron chi connectivity index (χ4n) is 2.85. The van der Waals surface area contributed by atoms with Crippen molar-refractivity contribution in [2.24, 2.45) is 0 Å². The van der Waals surface area contributed by atoms with Gasteiger partial charge in [-0.2, -0.15) is 0 Å². The highest BCUT2D eigenvalue weighted by molar-refractivity contribution is 5.64. The molecular weight excluding hydrogens is 252 g/mol. The molecule has 0 spiro atoms. The summed E-state index contributed by atoms with van der Waals surface area (Å²) in [5, 5.41) is 11.3. The summed E-state index contributed by atoms with van der Waals surface area (Å²) in [4.78, 5) is 13.1. The average molecular weight is 276 g/mol. The van der Waals surface area contributed by atoms with Gasteiger partial charge in [-0.05, 0) is 38.7 Å². The largest absolute Gasteiger partial charge is 0.465 e. The second-order valence-electron chi connectivity index (χ2n) is 5.80. The van der Waals surface area contributed by atoms with Crippen molar-refractivity contribution >= 4 is 6.09 Å². The van der Waals surface area contributed by atoms with Gasteiger partial charge in [0.05, 0.1) is 0 Å². The van der Waals surface area contributed by atoms with E-state index in [0.717, 1.165) is 32.4 Å². The van der Waals surface area contributed by atoms with Crippen LogP contribution < -0.4 is 5.32 Å². The fraction of sp³-hybridized carbons (Fsp3) is 0.562. The highest BCUT2D eigenvalue weighted by Crippen LogP contribution is 2.16. The van der Waals surface area contributed by atoms with Gasteiger partial charge in [0.25, 0.3) is 0 Å². The molecule has 1 fully saturated rings. The number of piperidine rings is 1. The molecule has 1 aromatic carbocycles.